The Balaban J connectivity index is 2.14. The number of hydrogen-bond donors (Lipinski definition) is 0. The van der Waals surface area contributed by atoms with E-state index in [-0.39, 0.29) is 11.3 Å². The zero-order chi connectivity index (χ0) is 18.8. The minimum atomic E-state index is -0.0442. The van der Waals surface area contributed by atoms with Crippen LogP contribution in [-0.4, -0.2) is 15.3 Å². The van der Waals surface area contributed by atoms with E-state index in [4.69, 9.17) is 4.98 Å². The molecule has 3 aromatic rings. The fraction of sp³-hybridized carbons (Fsp3) is 0.381. The van der Waals surface area contributed by atoms with Crippen molar-refractivity contribution in [3.8, 4) is 11.1 Å². The van der Waals surface area contributed by atoms with E-state index in [2.05, 4.69) is 38.1 Å². The number of hydrogen-bond acceptors (Lipinski definition) is 4. The molecule has 0 bridgehead atoms. The molecule has 1 aromatic carbocycles. The predicted molar refractivity (Wildman–Crippen MR) is 108 cm³/mol. The summed E-state index contributed by atoms with van der Waals surface area (Å²) in [5.74, 6) is 1.29. The van der Waals surface area contributed by atoms with Crippen molar-refractivity contribution in [1.82, 2.24) is 9.55 Å². The van der Waals surface area contributed by atoms with Crippen molar-refractivity contribution in [2.45, 2.75) is 53.0 Å². The van der Waals surface area contributed by atoms with Crippen LogP contribution in [0.2, 0.25) is 0 Å². The molecule has 0 unspecified atom stereocenters. The molecule has 0 atom stereocenters. The Bertz CT molecular complexity index is 997. The maximum Gasteiger partial charge on any atom is 0.262 e. The van der Waals surface area contributed by atoms with Crippen LogP contribution in [0, 0.1) is 0 Å². The number of fused-ring (bicyclic) bond motifs is 1. The average molecular weight is 369 g/mol. The van der Waals surface area contributed by atoms with Crippen LogP contribution < -0.4 is 5.56 Å². The van der Waals surface area contributed by atoms with E-state index in [0.29, 0.717) is 30.7 Å². The lowest BCUT2D eigenvalue weighted by Crippen LogP contribution is -2.25. The lowest BCUT2D eigenvalue weighted by molar-refractivity contribution is -0.117. The highest BCUT2D eigenvalue weighted by Crippen LogP contribution is 2.32. The van der Waals surface area contributed by atoms with Crippen molar-refractivity contribution < 1.29 is 4.79 Å². The summed E-state index contributed by atoms with van der Waals surface area (Å²) in [4.78, 5) is 30.0. The molecule has 0 N–H and O–H groups in total. The molecule has 0 spiro atoms. The Hall–Kier alpha value is -2.27. The van der Waals surface area contributed by atoms with Gasteiger partial charge in [0.2, 0.25) is 0 Å². The molecule has 2 aromatic heterocycles. The van der Waals surface area contributed by atoms with Crippen LogP contribution in [-0.2, 0) is 17.8 Å². The van der Waals surface area contributed by atoms with Gasteiger partial charge in [-0.05, 0) is 24.0 Å². The van der Waals surface area contributed by atoms with Gasteiger partial charge in [0.05, 0.1) is 5.39 Å². The summed E-state index contributed by atoms with van der Waals surface area (Å²) in [6, 6.07) is 8.38. The minimum Gasteiger partial charge on any atom is -0.300 e. The van der Waals surface area contributed by atoms with Crippen molar-refractivity contribution in [2.75, 3.05) is 0 Å². The smallest absolute Gasteiger partial charge is 0.262 e. The summed E-state index contributed by atoms with van der Waals surface area (Å²) < 4.78 is 1.67. The van der Waals surface area contributed by atoms with Crippen LogP contribution in [0.4, 0.5) is 0 Å². The van der Waals surface area contributed by atoms with Gasteiger partial charge in [0.15, 0.2) is 0 Å². The first kappa shape index (κ1) is 18.5. The molecule has 0 fully saturated rings. The number of rotatable bonds is 6. The van der Waals surface area contributed by atoms with Crippen molar-refractivity contribution in [3.63, 3.8) is 0 Å². The summed E-state index contributed by atoms with van der Waals surface area (Å²) in [6.45, 7) is 8.26. The van der Waals surface area contributed by atoms with Gasteiger partial charge in [-0.2, -0.15) is 0 Å². The molecule has 0 aliphatic rings. The monoisotopic (exact) mass is 368 g/mol. The van der Waals surface area contributed by atoms with Crippen molar-refractivity contribution in [1.29, 1.82) is 0 Å². The van der Waals surface area contributed by atoms with Gasteiger partial charge in [0.1, 0.15) is 16.4 Å². The summed E-state index contributed by atoms with van der Waals surface area (Å²) >= 11 is 1.50. The molecule has 0 amide bonds. The summed E-state index contributed by atoms with van der Waals surface area (Å²) in [7, 11) is 0. The molecule has 0 saturated carbocycles. The van der Waals surface area contributed by atoms with Crippen molar-refractivity contribution in [3.05, 3.63) is 51.4 Å². The molecular weight excluding hydrogens is 344 g/mol. The van der Waals surface area contributed by atoms with Gasteiger partial charge in [-0.25, -0.2) is 4.98 Å². The highest BCUT2D eigenvalue weighted by molar-refractivity contribution is 7.17. The zero-order valence-corrected chi connectivity index (χ0v) is 16.5. The number of benzene rings is 1. The largest absolute Gasteiger partial charge is 0.300 e. The number of aromatic nitrogens is 2. The third kappa shape index (κ3) is 3.49. The molecule has 0 aliphatic carbocycles. The minimum absolute atomic E-state index is 0.0442. The second-order valence-corrected chi connectivity index (χ2v) is 7.75. The summed E-state index contributed by atoms with van der Waals surface area (Å²) in [6.07, 6.45) is 1.02. The third-order valence-electron chi connectivity index (χ3n) is 4.66. The van der Waals surface area contributed by atoms with Crippen LogP contribution in [0.1, 0.15) is 51.4 Å². The molecule has 0 aliphatic heterocycles. The second-order valence-electron chi connectivity index (χ2n) is 6.90. The maximum atomic E-state index is 13.2. The zero-order valence-electron chi connectivity index (χ0n) is 15.7. The van der Waals surface area contributed by atoms with E-state index in [0.717, 1.165) is 21.8 Å². The predicted octanol–water partition coefficient (Wildman–Crippen LogP) is 4.79. The van der Waals surface area contributed by atoms with Crippen LogP contribution in [0.5, 0.6) is 0 Å². The van der Waals surface area contributed by atoms with Gasteiger partial charge in [-0.15, -0.1) is 11.3 Å². The van der Waals surface area contributed by atoms with E-state index in [1.54, 1.807) is 11.5 Å². The lowest BCUT2D eigenvalue weighted by Gasteiger charge is -2.11. The standard InChI is InChI=1S/C21H24N2O2S/c1-5-18-22-20-19(21(25)23(18)11-10-14(4)24)17(12-26-20)16-8-6-15(7-9-16)13(2)3/h6-9,12-13H,5,10-11H2,1-4H3. The molecule has 26 heavy (non-hydrogen) atoms. The van der Waals surface area contributed by atoms with Crippen molar-refractivity contribution >= 4 is 27.3 Å². The van der Waals surface area contributed by atoms with Gasteiger partial charge < -0.3 is 0 Å². The van der Waals surface area contributed by atoms with Gasteiger partial charge in [-0.3, -0.25) is 14.2 Å². The fourth-order valence-electron chi connectivity index (χ4n) is 3.10. The van der Waals surface area contributed by atoms with E-state index in [1.165, 1.54) is 16.9 Å². The highest BCUT2D eigenvalue weighted by atomic mass is 32.1. The lowest BCUT2D eigenvalue weighted by atomic mass is 9.99. The highest BCUT2D eigenvalue weighted by Gasteiger charge is 2.16. The topological polar surface area (TPSA) is 52.0 Å². The number of thiophene rings is 1. The van der Waals surface area contributed by atoms with E-state index in [1.807, 2.05) is 12.3 Å². The number of carbonyl (C=O) groups is 1. The van der Waals surface area contributed by atoms with Crippen LogP contribution in [0.3, 0.4) is 0 Å². The average Bonchev–Trinajstić information content (AvgIpc) is 3.04. The molecule has 136 valence electrons. The Morgan fingerprint density at radius 2 is 1.92 bits per heavy atom. The quantitative estimate of drug-likeness (QED) is 0.628. The Labute approximate surface area is 157 Å². The second kappa shape index (κ2) is 7.54. The Kier molecular flexibility index (Phi) is 5.37. The molecule has 3 rings (SSSR count). The number of nitrogens with zero attached hydrogens (tertiary/aromatic N) is 2. The van der Waals surface area contributed by atoms with E-state index < -0.39 is 0 Å². The fourth-order valence-corrected chi connectivity index (χ4v) is 4.05. The molecule has 2 heterocycles. The first-order valence-corrected chi connectivity index (χ1v) is 9.91. The molecule has 4 nitrogen and oxygen atoms in total. The van der Waals surface area contributed by atoms with Crippen LogP contribution in [0.15, 0.2) is 34.4 Å². The number of aryl methyl sites for hydroxylation is 1. The first-order chi connectivity index (χ1) is 12.4. The van der Waals surface area contributed by atoms with Crippen LogP contribution >= 0.6 is 11.3 Å². The molecule has 0 radical (unpaired) electrons. The SMILES string of the molecule is CCc1nc2scc(-c3ccc(C(C)C)cc3)c2c(=O)n1CCC(C)=O. The first-order valence-electron chi connectivity index (χ1n) is 9.03. The third-order valence-corrected chi connectivity index (χ3v) is 5.54. The van der Waals surface area contributed by atoms with Crippen molar-refractivity contribution in [2.24, 2.45) is 0 Å². The van der Waals surface area contributed by atoms with Gasteiger partial charge in [-0.1, -0.05) is 45.0 Å². The Morgan fingerprint density at radius 1 is 1.23 bits per heavy atom. The summed E-state index contributed by atoms with van der Waals surface area (Å²) in [5, 5.41) is 2.67. The summed E-state index contributed by atoms with van der Waals surface area (Å²) in [5.41, 5.74) is 3.19. The normalized spacial score (nSPS) is 11.4. The van der Waals surface area contributed by atoms with Crippen LogP contribution in [0.25, 0.3) is 21.3 Å². The van der Waals surface area contributed by atoms with Gasteiger partial charge in [0.25, 0.3) is 5.56 Å². The number of ketones is 1. The van der Waals surface area contributed by atoms with Gasteiger partial charge >= 0.3 is 0 Å². The number of carbonyl (C=O) groups excluding carboxylic acids is 1. The molecule has 5 heteroatoms. The Morgan fingerprint density at radius 3 is 2.50 bits per heavy atom. The van der Waals surface area contributed by atoms with Gasteiger partial charge in [0, 0.05) is 30.3 Å². The maximum absolute atomic E-state index is 13.2. The van der Waals surface area contributed by atoms with E-state index in [9.17, 15) is 9.59 Å². The molecule has 0 saturated heterocycles. The van der Waals surface area contributed by atoms with E-state index >= 15 is 0 Å². The molecular formula is C21H24N2O2S. The number of Topliss-reactive ketones (excluding diaryl/α,β-unsaturated/α-hetero) is 1.